The molecule has 1 saturated heterocycles. The average molecular weight is 320 g/mol. The second-order valence-corrected chi connectivity index (χ2v) is 6.25. The van der Waals surface area contributed by atoms with Crippen LogP contribution in [0.2, 0.25) is 0 Å². The number of aryl methyl sites for hydroxylation is 1. The smallest absolute Gasteiger partial charge is 0.255 e. The number of aromatic nitrogens is 2. The van der Waals surface area contributed by atoms with Crippen molar-refractivity contribution in [2.75, 3.05) is 23.3 Å². The molecule has 0 bridgehead atoms. The van der Waals surface area contributed by atoms with Crippen molar-refractivity contribution in [1.29, 1.82) is 0 Å². The maximum Gasteiger partial charge on any atom is 0.255 e. The van der Waals surface area contributed by atoms with Crippen molar-refractivity contribution in [1.82, 2.24) is 9.55 Å². The van der Waals surface area contributed by atoms with Crippen molar-refractivity contribution in [2.45, 2.75) is 12.8 Å². The van der Waals surface area contributed by atoms with Crippen LogP contribution in [0.4, 0.5) is 11.4 Å². The Hall–Kier alpha value is -2.82. The monoisotopic (exact) mass is 320 g/mol. The third-order valence-electron chi connectivity index (χ3n) is 4.58. The fourth-order valence-electron chi connectivity index (χ4n) is 3.21. The molecule has 1 aromatic heterocycles. The van der Waals surface area contributed by atoms with Gasteiger partial charge in [-0.3, -0.25) is 4.79 Å². The Morgan fingerprint density at radius 2 is 1.83 bits per heavy atom. The lowest BCUT2D eigenvalue weighted by molar-refractivity contribution is 0.102. The van der Waals surface area contributed by atoms with Gasteiger partial charge in [0.15, 0.2) is 0 Å². The number of carbonyl (C=O) groups is 1. The highest BCUT2D eigenvalue weighted by Gasteiger charge is 2.13. The van der Waals surface area contributed by atoms with Crippen LogP contribution in [0.15, 0.2) is 48.8 Å². The molecule has 1 aliphatic rings. The average Bonchev–Trinajstić information content (AvgIpc) is 3.26. The molecule has 24 heavy (non-hydrogen) atoms. The van der Waals surface area contributed by atoms with Crippen LogP contribution in [0, 0.1) is 0 Å². The Morgan fingerprint density at radius 3 is 2.58 bits per heavy atom. The number of fused-ring (bicyclic) bond motifs is 1. The number of hydrogen-bond acceptors (Lipinski definition) is 3. The highest BCUT2D eigenvalue weighted by molar-refractivity contribution is 6.06. The molecule has 0 unspecified atom stereocenters. The molecular weight excluding hydrogens is 300 g/mol. The molecule has 0 spiro atoms. The quantitative estimate of drug-likeness (QED) is 0.804. The highest BCUT2D eigenvalue weighted by Crippen LogP contribution is 2.22. The van der Waals surface area contributed by atoms with E-state index in [4.69, 9.17) is 0 Å². The van der Waals surface area contributed by atoms with Crippen molar-refractivity contribution in [3.05, 3.63) is 54.4 Å². The van der Waals surface area contributed by atoms with E-state index < -0.39 is 0 Å². The first kappa shape index (κ1) is 14.8. The Balaban J connectivity index is 1.50. The summed E-state index contributed by atoms with van der Waals surface area (Å²) >= 11 is 0. The van der Waals surface area contributed by atoms with E-state index in [1.165, 1.54) is 18.5 Å². The zero-order valence-corrected chi connectivity index (χ0v) is 13.7. The number of hydrogen-bond donors (Lipinski definition) is 1. The maximum atomic E-state index is 12.4. The first-order valence-electron chi connectivity index (χ1n) is 8.28. The molecule has 1 aliphatic heterocycles. The SMILES string of the molecule is Cn1cnc2cc(C(=O)Nc3ccc(N4CCCC4)cc3)ccc21. The van der Waals surface area contributed by atoms with Crippen molar-refractivity contribution in [2.24, 2.45) is 7.05 Å². The van der Waals surface area contributed by atoms with Crippen molar-refractivity contribution in [3.63, 3.8) is 0 Å². The topological polar surface area (TPSA) is 50.2 Å². The van der Waals surface area contributed by atoms with Gasteiger partial charge in [0.1, 0.15) is 0 Å². The van der Waals surface area contributed by atoms with Gasteiger partial charge in [-0.1, -0.05) is 0 Å². The summed E-state index contributed by atoms with van der Waals surface area (Å²) < 4.78 is 1.94. The number of nitrogens with zero attached hydrogens (tertiary/aromatic N) is 3. The molecule has 0 aliphatic carbocycles. The minimum absolute atomic E-state index is 0.114. The Bertz CT molecular complexity index is 876. The van der Waals surface area contributed by atoms with Crippen LogP contribution in [-0.4, -0.2) is 28.5 Å². The largest absolute Gasteiger partial charge is 0.372 e. The predicted molar refractivity (Wildman–Crippen MR) is 96.6 cm³/mol. The minimum Gasteiger partial charge on any atom is -0.372 e. The molecular formula is C19H20N4O. The van der Waals surface area contributed by atoms with Gasteiger partial charge in [-0.05, 0) is 55.3 Å². The van der Waals surface area contributed by atoms with E-state index in [1.807, 2.05) is 41.9 Å². The molecule has 0 radical (unpaired) electrons. The zero-order chi connectivity index (χ0) is 16.5. The number of benzene rings is 2. The molecule has 0 saturated carbocycles. The minimum atomic E-state index is -0.114. The number of anilines is 2. The van der Waals surface area contributed by atoms with E-state index >= 15 is 0 Å². The van der Waals surface area contributed by atoms with E-state index in [-0.39, 0.29) is 5.91 Å². The molecule has 122 valence electrons. The van der Waals surface area contributed by atoms with Gasteiger partial charge in [-0.25, -0.2) is 4.98 Å². The molecule has 1 amide bonds. The summed E-state index contributed by atoms with van der Waals surface area (Å²) in [4.78, 5) is 19.1. The lowest BCUT2D eigenvalue weighted by Crippen LogP contribution is -2.17. The Morgan fingerprint density at radius 1 is 1.08 bits per heavy atom. The Kier molecular flexibility index (Phi) is 3.69. The van der Waals surface area contributed by atoms with E-state index in [2.05, 4.69) is 27.3 Å². The molecule has 1 fully saturated rings. The Labute approximate surface area is 140 Å². The summed E-state index contributed by atoms with van der Waals surface area (Å²) in [6.07, 6.45) is 4.27. The molecule has 3 aromatic rings. The molecule has 5 heteroatoms. The lowest BCUT2D eigenvalue weighted by atomic mass is 10.1. The van der Waals surface area contributed by atoms with Gasteiger partial charge in [0.25, 0.3) is 5.91 Å². The van der Waals surface area contributed by atoms with Crippen LogP contribution < -0.4 is 10.2 Å². The first-order chi connectivity index (χ1) is 11.7. The van der Waals surface area contributed by atoms with Gasteiger partial charge in [0, 0.05) is 37.1 Å². The van der Waals surface area contributed by atoms with Crippen LogP contribution in [0.25, 0.3) is 11.0 Å². The predicted octanol–water partition coefficient (Wildman–Crippen LogP) is 3.43. The van der Waals surface area contributed by atoms with Gasteiger partial charge in [-0.15, -0.1) is 0 Å². The van der Waals surface area contributed by atoms with Crippen molar-refractivity contribution >= 4 is 28.3 Å². The summed E-state index contributed by atoms with van der Waals surface area (Å²) in [7, 11) is 1.94. The summed E-state index contributed by atoms with van der Waals surface area (Å²) in [6, 6.07) is 13.6. The molecule has 1 N–H and O–H groups in total. The van der Waals surface area contributed by atoms with Crippen LogP contribution in [0.5, 0.6) is 0 Å². The zero-order valence-electron chi connectivity index (χ0n) is 13.7. The number of imidazole rings is 1. The second-order valence-electron chi connectivity index (χ2n) is 6.25. The van der Waals surface area contributed by atoms with Gasteiger partial charge < -0.3 is 14.8 Å². The highest BCUT2D eigenvalue weighted by atomic mass is 16.1. The van der Waals surface area contributed by atoms with E-state index in [1.54, 1.807) is 6.33 Å². The summed E-state index contributed by atoms with van der Waals surface area (Å²) in [6.45, 7) is 2.24. The molecule has 4 rings (SSSR count). The number of carbonyl (C=O) groups excluding carboxylic acids is 1. The number of amides is 1. The van der Waals surface area contributed by atoms with Crippen LogP contribution in [-0.2, 0) is 7.05 Å². The van der Waals surface area contributed by atoms with Crippen LogP contribution in [0.1, 0.15) is 23.2 Å². The molecule has 0 atom stereocenters. The van der Waals surface area contributed by atoms with Gasteiger partial charge in [-0.2, -0.15) is 0 Å². The fourth-order valence-corrected chi connectivity index (χ4v) is 3.21. The third kappa shape index (κ3) is 2.73. The molecule has 2 aromatic carbocycles. The second kappa shape index (κ2) is 6.00. The summed E-state index contributed by atoms with van der Waals surface area (Å²) in [5.74, 6) is -0.114. The van der Waals surface area contributed by atoms with Crippen molar-refractivity contribution < 1.29 is 4.79 Å². The number of nitrogens with one attached hydrogen (secondary N) is 1. The normalized spacial score (nSPS) is 14.3. The van der Waals surface area contributed by atoms with E-state index in [0.717, 1.165) is 29.8 Å². The maximum absolute atomic E-state index is 12.4. The first-order valence-corrected chi connectivity index (χ1v) is 8.28. The van der Waals surface area contributed by atoms with Gasteiger partial charge in [0.2, 0.25) is 0 Å². The van der Waals surface area contributed by atoms with Gasteiger partial charge >= 0.3 is 0 Å². The fraction of sp³-hybridized carbons (Fsp3) is 0.263. The molecule has 5 nitrogen and oxygen atoms in total. The van der Waals surface area contributed by atoms with Gasteiger partial charge in [0.05, 0.1) is 17.4 Å². The molecule has 2 heterocycles. The number of rotatable bonds is 3. The summed E-state index contributed by atoms with van der Waals surface area (Å²) in [5, 5.41) is 2.96. The van der Waals surface area contributed by atoms with Crippen molar-refractivity contribution in [3.8, 4) is 0 Å². The summed E-state index contributed by atoms with van der Waals surface area (Å²) in [5.41, 5.74) is 4.49. The van der Waals surface area contributed by atoms with Crippen LogP contribution in [0.3, 0.4) is 0 Å². The van der Waals surface area contributed by atoms with Crippen LogP contribution >= 0.6 is 0 Å². The van der Waals surface area contributed by atoms with E-state index in [0.29, 0.717) is 5.56 Å². The van der Waals surface area contributed by atoms with E-state index in [9.17, 15) is 4.79 Å². The standard InChI is InChI=1S/C19H20N4O/c1-22-13-20-17-12-14(4-9-18(17)22)19(24)21-15-5-7-16(8-6-15)23-10-2-3-11-23/h4-9,12-13H,2-3,10-11H2,1H3,(H,21,24). The lowest BCUT2D eigenvalue weighted by Gasteiger charge is -2.17. The third-order valence-corrected chi connectivity index (χ3v) is 4.58.